The van der Waals surface area contributed by atoms with Crippen LogP contribution in [0.1, 0.15) is 50.7 Å². The number of piperidine rings is 1. The summed E-state index contributed by atoms with van der Waals surface area (Å²) in [4.78, 5) is 4.85. The molecule has 2 fully saturated rings. The van der Waals surface area contributed by atoms with Gasteiger partial charge in [0.05, 0.1) is 5.60 Å². The van der Waals surface area contributed by atoms with Crippen LogP contribution >= 0.6 is 0 Å². The van der Waals surface area contributed by atoms with Crippen molar-refractivity contribution in [1.82, 2.24) is 9.80 Å². The summed E-state index contributed by atoms with van der Waals surface area (Å²) in [6, 6.07) is 6.39. The molecule has 2 bridgehead atoms. The Balaban J connectivity index is 1.34. The van der Waals surface area contributed by atoms with Crippen molar-refractivity contribution in [2.75, 3.05) is 39.8 Å². The monoisotopic (exact) mass is 396 g/mol. The first kappa shape index (κ1) is 19.6. The number of rotatable bonds is 3. The molecule has 0 unspecified atom stereocenters. The molecule has 1 saturated carbocycles. The van der Waals surface area contributed by atoms with Gasteiger partial charge in [0, 0.05) is 38.3 Å². The van der Waals surface area contributed by atoms with Gasteiger partial charge in [0.25, 0.3) is 0 Å². The number of benzene rings is 1. The summed E-state index contributed by atoms with van der Waals surface area (Å²) in [5.74, 6) is 2.65. The minimum absolute atomic E-state index is 0.481. The molecule has 4 nitrogen and oxygen atoms in total. The van der Waals surface area contributed by atoms with Crippen molar-refractivity contribution in [3.8, 4) is 5.75 Å². The lowest BCUT2D eigenvalue weighted by molar-refractivity contribution is -0.0204. The average Bonchev–Trinajstić information content (AvgIpc) is 2.91. The van der Waals surface area contributed by atoms with Crippen LogP contribution < -0.4 is 4.74 Å². The first-order valence-electron chi connectivity index (χ1n) is 11.4. The molecule has 4 heteroatoms. The molecule has 0 spiro atoms. The summed E-state index contributed by atoms with van der Waals surface area (Å²) in [6.45, 7) is 10.5. The first-order valence-corrected chi connectivity index (χ1v) is 11.4. The predicted molar refractivity (Wildman–Crippen MR) is 116 cm³/mol. The first-order chi connectivity index (χ1) is 13.8. The molecule has 5 aliphatic rings. The normalized spacial score (nSPS) is 31.1. The summed E-state index contributed by atoms with van der Waals surface area (Å²) in [5.41, 5.74) is 3.72. The smallest absolute Gasteiger partial charge is 0.123 e. The average molecular weight is 397 g/mol. The molecule has 1 aromatic rings. The second kappa shape index (κ2) is 7.11. The highest BCUT2D eigenvalue weighted by Gasteiger charge is 2.51. The Morgan fingerprint density at radius 2 is 1.97 bits per heavy atom. The van der Waals surface area contributed by atoms with Crippen molar-refractivity contribution in [2.45, 2.75) is 51.7 Å². The zero-order valence-electron chi connectivity index (χ0n) is 18.3. The van der Waals surface area contributed by atoms with Gasteiger partial charge in [-0.25, -0.2) is 0 Å². The molecule has 2 aliphatic heterocycles. The lowest BCUT2D eigenvalue weighted by atomic mass is 9.49. The number of allylic oxidation sites excluding steroid dienone is 1. The predicted octanol–water partition coefficient (Wildman–Crippen LogP) is 3.79. The van der Waals surface area contributed by atoms with E-state index in [0.29, 0.717) is 5.41 Å². The van der Waals surface area contributed by atoms with E-state index in [9.17, 15) is 5.11 Å². The third kappa shape index (κ3) is 3.43. The molecule has 158 valence electrons. The van der Waals surface area contributed by atoms with E-state index in [1.54, 1.807) is 5.57 Å². The van der Waals surface area contributed by atoms with Crippen LogP contribution in [0.2, 0.25) is 0 Å². The maximum Gasteiger partial charge on any atom is 0.123 e. The Kier molecular flexibility index (Phi) is 4.80. The van der Waals surface area contributed by atoms with Gasteiger partial charge in [0.2, 0.25) is 0 Å². The van der Waals surface area contributed by atoms with Crippen LogP contribution in [0.15, 0.2) is 29.8 Å². The SMILES string of the molecule is CN1CCC(O)(c2ccc3c(c2)CN(CC2=CC[C@H]4C[C@@H]2C4(C)C)CCO3)CC1. The van der Waals surface area contributed by atoms with Gasteiger partial charge in [0.15, 0.2) is 0 Å². The fourth-order valence-electron chi connectivity index (χ4n) is 6.06. The molecule has 29 heavy (non-hydrogen) atoms. The molecular formula is C25H36N2O2. The number of nitrogens with zero attached hydrogens (tertiary/aromatic N) is 2. The van der Waals surface area contributed by atoms with Crippen molar-refractivity contribution >= 4 is 0 Å². The Bertz CT molecular complexity index is 807. The van der Waals surface area contributed by atoms with E-state index < -0.39 is 5.60 Å². The summed E-state index contributed by atoms with van der Waals surface area (Å²) >= 11 is 0. The zero-order chi connectivity index (χ0) is 20.2. The van der Waals surface area contributed by atoms with Crippen LogP contribution in [0.5, 0.6) is 5.75 Å². The second-order valence-corrected chi connectivity index (χ2v) is 10.5. The van der Waals surface area contributed by atoms with Crippen LogP contribution in [-0.2, 0) is 12.1 Å². The van der Waals surface area contributed by atoms with Crippen molar-refractivity contribution in [1.29, 1.82) is 0 Å². The highest BCUT2D eigenvalue weighted by molar-refractivity contribution is 5.40. The fourth-order valence-corrected chi connectivity index (χ4v) is 6.06. The Morgan fingerprint density at radius 3 is 2.69 bits per heavy atom. The molecule has 1 saturated heterocycles. The molecule has 0 radical (unpaired) electrons. The third-order valence-electron chi connectivity index (χ3n) is 8.46. The zero-order valence-corrected chi connectivity index (χ0v) is 18.3. The molecule has 0 aromatic heterocycles. The molecule has 2 heterocycles. The number of hydrogen-bond acceptors (Lipinski definition) is 4. The van der Waals surface area contributed by atoms with E-state index >= 15 is 0 Å². The van der Waals surface area contributed by atoms with Gasteiger partial charge in [-0.15, -0.1) is 0 Å². The minimum atomic E-state index is -0.699. The lowest BCUT2D eigenvalue weighted by Crippen LogP contribution is -2.49. The minimum Gasteiger partial charge on any atom is -0.492 e. The summed E-state index contributed by atoms with van der Waals surface area (Å²) < 4.78 is 6.09. The van der Waals surface area contributed by atoms with E-state index in [0.717, 1.165) is 75.3 Å². The number of fused-ring (bicyclic) bond motifs is 2. The van der Waals surface area contributed by atoms with Gasteiger partial charge in [0.1, 0.15) is 12.4 Å². The van der Waals surface area contributed by atoms with E-state index in [1.165, 1.54) is 18.4 Å². The molecule has 0 amide bonds. The number of hydrogen-bond donors (Lipinski definition) is 1. The third-order valence-corrected chi connectivity index (χ3v) is 8.46. The number of ether oxygens (including phenoxy) is 1. The van der Waals surface area contributed by atoms with Crippen molar-refractivity contribution in [3.63, 3.8) is 0 Å². The largest absolute Gasteiger partial charge is 0.492 e. The topological polar surface area (TPSA) is 35.9 Å². The highest BCUT2D eigenvalue weighted by atomic mass is 16.5. The lowest BCUT2D eigenvalue weighted by Gasteiger charge is -2.57. The summed E-state index contributed by atoms with van der Waals surface area (Å²) in [7, 11) is 2.13. The van der Waals surface area contributed by atoms with Gasteiger partial charge >= 0.3 is 0 Å². The Morgan fingerprint density at radius 1 is 1.17 bits per heavy atom. The van der Waals surface area contributed by atoms with E-state index in [2.05, 4.69) is 55.0 Å². The van der Waals surface area contributed by atoms with Crippen molar-refractivity contribution in [3.05, 3.63) is 41.0 Å². The molecule has 2 atom stereocenters. The van der Waals surface area contributed by atoms with Crippen molar-refractivity contribution in [2.24, 2.45) is 17.3 Å². The van der Waals surface area contributed by atoms with E-state index in [1.807, 2.05) is 0 Å². The molecule has 6 rings (SSSR count). The van der Waals surface area contributed by atoms with E-state index in [-0.39, 0.29) is 0 Å². The number of aliphatic hydroxyl groups is 1. The van der Waals surface area contributed by atoms with Crippen LogP contribution in [0.25, 0.3) is 0 Å². The molecular weight excluding hydrogens is 360 g/mol. The van der Waals surface area contributed by atoms with Gasteiger partial charge in [-0.05, 0) is 67.7 Å². The fraction of sp³-hybridized carbons (Fsp3) is 0.680. The molecule has 1 N–H and O–H groups in total. The van der Waals surface area contributed by atoms with Crippen LogP contribution in [0, 0.1) is 17.3 Å². The Hall–Kier alpha value is -1.36. The second-order valence-electron chi connectivity index (χ2n) is 10.5. The maximum atomic E-state index is 11.3. The molecule has 3 aliphatic carbocycles. The van der Waals surface area contributed by atoms with E-state index in [4.69, 9.17) is 4.74 Å². The van der Waals surface area contributed by atoms with Crippen LogP contribution in [0.4, 0.5) is 0 Å². The van der Waals surface area contributed by atoms with Crippen molar-refractivity contribution < 1.29 is 9.84 Å². The number of likely N-dealkylation sites (tertiary alicyclic amines) is 1. The standard InChI is InChI=1S/C25H36N2O2/c1-24(2)20-5-4-18(22(24)15-20)16-27-12-13-29-23-7-6-21(14-19(23)17-27)25(28)8-10-26(3)11-9-25/h4,6-7,14,20,22,28H,5,8-13,15-17H2,1-3H3/t20-,22-/m0/s1. The quantitative estimate of drug-likeness (QED) is 0.789. The highest BCUT2D eigenvalue weighted by Crippen LogP contribution is 2.59. The van der Waals surface area contributed by atoms with Gasteiger partial charge < -0.3 is 14.7 Å². The van der Waals surface area contributed by atoms with Crippen LogP contribution in [0.3, 0.4) is 0 Å². The molecule has 1 aromatic carbocycles. The summed E-state index contributed by atoms with van der Waals surface area (Å²) in [6.07, 6.45) is 6.76. The maximum absolute atomic E-state index is 11.3. The van der Waals surface area contributed by atoms with Gasteiger partial charge in [-0.3, -0.25) is 4.90 Å². The van der Waals surface area contributed by atoms with Gasteiger partial charge in [-0.1, -0.05) is 31.6 Å². The van der Waals surface area contributed by atoms with Gasteiger partial charge in [-0.2, -0.15) is 0 Å². The summed E-state index contributed by atoms with van der Waals surface area (Å²) in [5, 5.41) is 11.3. The Labute approximate surface area is 175 Å². The van der Waals surface area contributed by atoms with Crippen LogP contribution in [-0.4, -0.2) is 54.7 Å².